The summed E-state index contributed by atoms with van der Waals surface area (Å²) in [6.07, 6.45) is 7.43. The van der Waals surface area contributed by atoms with Crippen molar-refractivity contribution in [1.82, 2.24) is 9.97 Å². The standard InChI is InChI=1S/C28H13B2N3O3/c1-3-14-26-20(5-1)36-21-6-2-4-15-27(21)33(26)28-24-22(34-18-7-9-31-12-16(18)29(14)24)11-23-25(28)30(15)17-13-32-10-8-19(17)35-23/h1-13H. The first-order valence-electron chi connectivity index (χ1n) is 12.0. The number of nitrogens with zero attached hydrogens (tertiary/aromatic N) is 3. The van der Waals surface area contributed by atoms with Gasteiger partial charge in [-0.2, -0.15) is 0 Å². The minimum atomic E-state index is -0.0182. The Morgan fingerprint density at radius 1 is 0.528 bits per heavy atom. The molecule has 0 spiro atoms. The summed E-state index contributed by atoms with van der Waals surface area (Å²) in [5.74, 6) is 5.02. The summed E-state index contributed by atoms with van der Waals surface area (Å²) in [6.45, 7) is -0.0365. The second kappa shape index (κ2) is 5.74. The first-order chi connectivity index (χ1) is 17.9. The molecule has 36 heavy (non-hydrogen) atoms. The van der Waals surface area contributed by atoms with E-state index in [1.54, 1.807) is 12.4 Å². The number of aromatic nitrogens is 2. The Labute approximate surface area is 206 Å². The zero-order valence-corrected chi connectivity index (χ0v) is 18.7. The maximum Gasteiger partial charge on any atom is 0.258 e. The topological polar surface area (TPSA) is 56.7 Å². The normalized spacial score (nSPS) is 15.2. The van der Waals surface area contributed by atoms with E-state index >= 15 is 0 Å². The molecule has 164 valence electrons. The molecule has 3 aromatic carbocycles. The first-order valence-corrected chi connectivity index (χ1v) is 12.0. The Bertz CT molecular complexity index is 1740. The number of pyridine rings is 2. The van der Waals surface area contributed by atoms with Gasteiger partial charge in [0.15, 0.2) is 11.5 Å². The highest BCUT2D eigenvalue weighted by molar-refractivity contribution is 7.03. The number of hydrogen-bond donors (Lipinski definition) is 0. The van der Waals surface area contributed by atoms with Crippen LogP contribution in [0.1, 0.15) is 0 Å². The SMILES string of the molecule is c1cc2c3c(c1)B1c4cnccc4Oc4cc5c6c(c41)N3c1c(cccc1B6c1cnccc1O5)O2. The highest BCUT2D eigenvalue weighted by Crippen LogP contribution is 2.53. The molecule has 5 aliphatic heterocycles. The van der Waals surface area contributed by atoms with Gasteiger partial charge in [0.25, 0.3) is 13.4 Å². The third-order valence-corrected chi connectivity index (χ3v) is 8.14. The molecule has 6 nitrogen and oxygen atoms in total. The maximum absolute atomic E-state index is 6.57. The van der Waals surface area contributed by atoms with Crippen LogP contribution >= 0.6 is 0 Å². The Hall–Kier alpha value is -4.71. The van der Waals surface area contributed by atoms with Crippen molar-refractivity contribution in [2.24, 2.45) is 0 Å². The van der Waals surface area contributed by atoms with E-state index in [0.29, 0.717) is 0 Å². The van der Waals surface area contributed by atoms with Crippen LogP contribution in [-0.2, 0) is 0 Å². The number of fused-ring (bicyclic) bond motifs is 6. The molecule has 5 aliphatic rings. The van der Waals surface area contributed by atoms with Gasteiger partial charge in [-0.05, 0) is 57.0 Å². The van der Waals surface area contributed by atoms with Gasteiger partial charge >= 0.3 is 0 Å². The minimum Gasteiger partial charge on any atom is -0.458 e. The Kier molecular flexibility index (Phi) is 2.82. The fourth-order valence-electron chi connectivity index (χ4n) is 6.86. The zero-order chi connectivity index (χ0) is 23.1. The summed E-state index contributed by atoms with van der Waals surface area (Å²) in [6, 6.07) is 18.6. The van der Waals surface area contributed by atoms with Gasteiger partial charge in [-0.25, -0.2) is 0 Å². The van der Waals surface area contributed by atoms with Crippen LogP contribution in [0.15, 0.2) is 79.4 Å². The van der Waals surface area contributed by atoms with Crippen molar-refractivity contribution in [3.8, 4) is 34.5 Å². The average molecular weight is 461 g/mol. The van der Waals surface area contributed by atoms with Crippen LogP contribution < -0.4 is 51.9 Å². The lowest BCUT2D eigenvalue weighted by Gasteiger charge is -2.48. The van der Waals surface area contributed by atoms with E-state index < -0.39 is 0 Å². The van der Waals surface area contributed by atoms with Crippen LogP contribution in [0.5, 0.6) is 34.5 Å². The molecule has 0 unspecified atom stereocenters. The molecule has 0 amide bonds. The first kappa shape index (κ1) is 17.7. The molecule has 7 heterocycles. The zero-order valence-electron chi connectivity index (χ0n) is 18.7. The summed E-state index contributed by atoms with van der Waals surface area (Å²) in [4.78, 5) is 11.3. The van der Waals surface area contributed by atoms with Crippen molar-refractivity contribution in [3.05, 3.63) is 79.4 Å². The third kappa shape index (κ3) is 1.83. The van der Waals surface area contributed by atoms with Gasteiger partial charge in [0.05, 0.1) is 11.4 Å². The molecule has 0 atom stereocenters. The molecule has 0 N–H and O–H groups in total. The van der Waals surface area contributed by atoms with Crippen LogP contribution in [0.25, 0.3) is 0 Å². The van der Waals surface area contributed by atoms with Gasteiger partial charge in [-0.3, -0.25) is 9.97 Å². The fraction of sp³-hybridized carbons (Fsp3) is 0. The van der Waals surface area contributed by atoms with E-state index in [1.807, 2.05) is 24.5 Å². The Morgan fingerprint density at radius 2 is 1.06 bits per heavy atom. The largest absolute Gasteiger partial charge is 0.458 e. The molecular weight excluding hydrogens is 448 g/mol. The molecule has 0 radical (unpaired) electrons. The Morgan fingerprint density at radius 3 is 1.61 bits per heavy atom. The molecule has 0 bridgehead atoms. The van der Waals surface area contributed by atoms with Crippen molar-refractivity contribution in [3.63, 3.8) is 0 Å². The fourth-order valence-corrected chi connectivity index (χ4v) is 6.86. The smallest absolute Gasteiger partial charge is 0.258 e. The van der Waals surface area contributed by atoms with Gasteiger partial charge < -0.3 is 19.1 Å². The number of para-hydroxylation sites is 2. The molecular formula is C28H13B2N3O3. The van der Waals surface area contributed by atoms with Crippen molar-refractivity contribution < 1.29 is 14.2 Å². The van der Waals surface area contributed by atoms with Crippen LogP contribution in [0.3, 0.4) is 0 Å². The predicted molar refractivity (Wildman–Crippen MR) is 139 cm³/mol. The van der Waals surface area contributed by atoms with Gasteiger partial charge in [0.2, 0.25) is 0 Å². The number of benzene rings is 3. The van der Waals surface area contributed by atoms with Crippen LogP contribution in [-0.4, -0.2) is 23.4 Å². The number of anilines is 3. The van der Waals surface area contributed by atoms with E-state index in [0.717, 1.165) is 73.4 Å². The molecule has 8 heteroatoms. The molecule has 0 fully saturated rings. The lowest BCUT2D eigenvalue weighted by Crippen LogP contribution is -2.67. The summed E-state index contributed by atoms with van der Waals surface area (Å²) in [7, 11) is 0. The lowest BCUT2D eigenvalue weighted by atomic mass is 9.29. The summed E-state index contributed by atoms with van der Waals surface area (Å²) in [5, 5.41) is 0. The van der Waals surface area contributed by atoms with E-state index in [4.69, 9.17) is 14.2 Å². The van der Waals surface area contributed by atoms with Crippen LogP contribution in [0.2, 0.25) is 0 Å². The minimum absolute atomic E-state index is 0.0182. The second-order valence-electron chi connectivity index (χ2n) is 9.77. The van der Waals surface area contributed by atoms with Crippen LogP contribution in [0.4, 0.5) is 17.1 Å². The van der Waals surface area contributed by atoms with Gasteiger partial charge in [-0.15, -0.1) is 0 Å². The van der Waals surface area contributed by atoms with Crippen molar-refractivity contribution in [2.45, 2.75) is 0 Å². The van der Waals surface area contributed by atoms with Crippen molar-refractivity contribution >= 4 is 63.3 Å². The number of rotatable bonds is 0. The molecule has 5 aromatic rings. The van der Waals surface area contributed by atoms with Crippen molar-refractivity contribution in [1.29, 1.82) is 0 Å². The molecule has 0 saturated heterocycles. The van der Waals surface area contributed by atoms with Crippen LogP contribution in [0, 0.1) is 0 Å². The van der Waals surface area contributed by atoms with Gasteiger partial charge in [0.1, 0.15) is 23.0 Å². The summed E-state index contributed by atoms with van der Waals surface area (Å²) in [5.41, 5.74) is 10.1. The van der Waals surface area contributed by atoms with Gasteiger partial charge in [0, 0.05) is 36.5 Å². The molecule has 10 rings (SSSR count). The number of ether oxygens (including phenoxy) is 3. The average Bonchev–Trinajstić information content (AvgIpc) is 2.92. The summed E-state index contributed by atoms with van der Waals surface area (Å²) < 4.78 is 19.7. The second-order valence-corrected chi connectivity index (χ2v) is 9.77. The quantitative estimate of drug-likeness (QED) is 0.322. The molecule has 2 aromatic heterocycles. The lowest BCUT2D eigenvalue weighted by molar-refractivity contribution is 0.463. The van der Waals surface area contributed by atoms with E-state index in [-0.39, 0.29) is 13.4 Å². The summed E-state index contributed by atoms with van der Waals surface area (Å²) >= 11 is 0. The Balaban J connectivity index is 1.42. The highest BCUT2D eigenvalue weighted by Gasteiger charge is 2.52. The van der Waals surface area contributed by atoms with E-state index in [1.165, 1.54) is 10.9 Å². The van der Waals surface area contributed by atoms with Gasteiger partial charge in [-0.1, -0.05) is 24.3 Å². The highest BCUT2D eigenvalue weighted by atomic mass is 16.5. The molecule has 0 saturated carbocycles. The monoisotopic (exact) mass is 461 g/mol. The maximum atomic E-state index is 6.57. The van der Waals surface area contributed by atoms with E-state index in [2.05, 4.69) is 57.3 Å². The van der Waals surface area contributed by atoms with E-state index in [9.17, 15) is 0 Å². The van der Waals surface area contributed by atoms with Crippen molar-refractivity contribution in [2.75, 3.05) is 4.90 Å². The molecule has 0 aliphatic carbocycles. The predicted octanol–water partition coefficient (Wildman–Crippen LogP) is 1.92. The third-order valence-electron chi connectivity index (χ3n) is 8.14. The number of hydrogen-bond acceptors (Lipinski definition) is 6.